The molecule has 0 bridgehead atoms. The van der Waals surface area contributed by atoms with E-state index in [2.05, 4.69) is 15.6 Å². The zero-order valence-electron chi connectivity index (χ0n) is 17.2. The molecule has 11 heteroatoms. The van der Waals surface area contributed by atoms with E-state index in [-0.39, 0.29) is 48.7 Å². The van der Waals surface area contributed by atoms with Crippen LogP contribution in [-0.4, -0.2) is 56.7 Å². The largest absolute Gasteiger partial charge is 0.484 e. The highest BCUT2D eigenvalue weighted by Crippen LogP contribution is 2.19. The Kier molecular flexibility index (Phi) is 11.2. The molecule has 0 radical (unpaired) electrons. The fraction of sp³-hybridized carbons (Fsp3) is 0.400. The zero-order valence-corrected chi connectivity index (χ0v) is 19.6. The van der Waals surface area contributed by atoms with Crippen molar-refractivity contribution in [2.24, 2.45) is 4.99 Å². The summed E-state index contributed by atoms with van der Waals surface area (Å²) < 4.78 is 46.6. The highest BCUT2D eigenvalue weighted by molar-refractivity contribution is 14.0. The van der Waals surface area contributed by atoms with Crippen molar-refractivity contribution in [3.05, 3.63) is 54.0 Å². The van der Waals surface area contributed by atoms with Crippen molar-refractivity contribution in [2.75, 3.05) is 33.8 Å². The number of hydrogen-bond donors (Lipinski definition) is 2. The molecule has 1 amide bonds. The number of likely N-dealkylation sites (N-methyl/N-ethyl adjacent to an activating group) is 1. The number of ether oxygens (including phenoxy) is 1. The van der Waals surface area contributed by atoms with Gasteiger partial charge in [-0.25, -0.2) is 4.99 Å². The number of nitrogens with one attached hydrogen (secondary N) is 2. The number of furan rings is 1. The van der Waals surface area contributed by atoms with E-state index in [1.165, 1.54) is 17.0 Å². The molecule has 0 aliphatic heterocycles. The van der Waals surface area contributed by atoms with Gasteiger partial charge in [0.25, 0.3) is 0 Å². The number of carbonyl (C=O) groups excluding carboxylic acids is 1. The molecule has 0 aliphatic rings. The van der Waals surface area contributed by atoms with Gasteiger partial charge in [-0.3, -0.25) is 4.79 Å². The van der Waals surface area contributed by atoms with Crippen molar-refractivity contribution >= 4 is 35.8 Å². The fourth-order valence-corrected chi connectivity index (χ4v) is 2.28. The Morgan fingerprint density at radius 2 is 1.87 bits per heavy atom. The van der Waals surface area contributed by atoms with Crippen LogP contribution in [0.3, 0.4) is 0 Å². The maximum absolute atomic E-state index is 12.2. The van der Waals surface area contributed by atoms with Crippen LogP contribution in [-0.2, 0) is 17.8 Å². The van der Waals surface area contributed by atoms with Crippen LogP contribution in [0.15, 0.2) is 52.1 Å². The molecule has 172 valence electrons. The van der Waals surface area contributed by atoms with Gasteiger partial charge in [-0.15, -0.1) is 24.0 Å². The summed E-state index contributed by atoms with van der Waals surface area (Å²) in [7, 11) is 3.32. The van der Waals surface area contributed by atoms with Crippen LogP contribution in [0.2, 0.25) is 0 Å². The standard InChI is InChI=1S/C20H25F3N4O3.HI/c1-27(2)18(28)13-26-19(24-10-9-16-4-3-11-29-16)25-12-15-5-7-17(8-6-15)30-14-20(21,22)23;/h3-8,11H,9-10,12-14H2,1-2H3,(H2,24,25,26);1H. The molecule has 0 saturated carbocycles. The maximum Gasteiger partial charge on any atom is 0.422 e. The molecule has 7 nitrogen and oxygen atoms in total. The minimum atomic E-state index is -4.38. The van der Waals surface area contributed by atoms with Crippen LogP contribution in [0.5, 0.6) is 5.75 Å². The Morgan fingerprint density at radius 1 is 1.16 bits per heavy atom. The first-order valence-corrected chi connectivity index (χ1v) is 9.26. The first kappa shape index (κ1) is 26.6. The highest BCUT2D eigenvalue weighted by Gasteiger charge is 2.28. The number of guanidine groups is 1. The van der Waals surface area contributed by atoms with Crippen molar-refractivity contribution in [3.8, 4) is 5.75 Å². The summed E-state index contributed by atoms with van der Waals surface area (Å²) in [6.45, 7) is -0.451. The van der Waals surface area contributed by atoms with E-state index in [0.29, 0.717) is 18.9 Å². The van der Waals surface area contributed by atoms with Crippen LogP contribution in [0.25, 0.3) is 0 Å². The SMILES string of the molecule is CN(C)C(=O)CNC(=NCc1ccc(OCC(F)(F)F)cc1)NCCc1ccco1.I. The van der Waals surface area contributed by atoms with E-state index in [9.17, 15) is 18.0 Å². The molecule has 0 fully saturated rings. The molecule has 1 aromatic heterocycles. The summed E-state index contributed by atoms with van der Waals surface area (Å²) in [6, 6.07) is 9.87. The molecular weight excluding hydrogens is 528 g/mol. The smallest absolute Gasteiger partial charge is 0.422 e. The summed E-state index contributed by atoms with van der Waals surface area (Å²) in [5, 5.41) is 6.10. The molecule has 0 spiro atoms. The van der Waals surface area contributed by atoms with Gasteiger partial charge in [-0.2, -0.15) is 13.2 Å². The molecule has 0 saturated heterocycles. The molecule has 2 aromatic rings. The molecule has 1 aromatic carbocycles. The molecule has 1 heterocycles. The molecule has 0 atom stereocenters. The second kappa shape index (κ2) is 13.1. The van der Waals surface area contributed by atoms with Crippen LogP contribution < -0.4 is 15.4 Å². The van der Waals surface area contributed by atoms with Gasteiger partial charge < -0.3 is 24.7 Å². The first-order valence-electron chi connectivity index (χ1n) is 9.26. The highest BCUT2D eigenvalue weighted by atomic mass is 127. The number of aliphatic imine (C=N–C) groups is 1. The Balaban J connectivity index is 0.00000480. The van der Waals surface area contributed by atoms with Crippen LogP contribution in [0.4, 0.5) is 13.2 Å². The Morgan fingerprint density at radius 3 is 2.45 bits per heavy atom. The Hall–Kier alpha value is -2.44. The summed E-state index contributed by atoms with van der Waals surface area (Å²) in [5.41, 5.74) is 0.778. The van der Waals surface area contributed by atoms with E-state index in [1.54, 1.807) is 38.6 Å². The van der Waals surface area contributed by atoms with E-state index in [1.807, 2.05) is 6.07 Å². The second-order valence-electron chi connectivity index (χ2n) is 6.61. The summed E-state index contributed by atoms with van der Waals surface area (Å²) in [5.74, 6) is 1.28. The molecular formula is C20H26F3IN4O3. The molecule has 0 aliphatic carbocycles. The lowest BCUT2D eigenvalue weighted by Crippen LogP contribution is -2.43. The van der Waals surface area contributed by atoms with Crippen molar-refractivity contribution in [3.63, 3.8) is 0 Å². The normalized spacial score (nSPS) is 11.5. The third kappa shape index (κ3) is 10.9. The van der Waals surface area contributed by atoms with Crippen molar-refractivity contribution in [1.29, 1.82) is 0 Å². The number of amides is 1. The third-order valence-electron chi connectivity index (χ3n) is 3.90. The lowest BCUT2D eigenvalue weighted by atomic mass is 10.2. The number of halogens is 4. The number of hydrogen-bond acceptors (Lipinski definition) is 4. The number of nitrogens with zero attached hydrogens (tertiary/aromatic N) is 2. The Labute approximate surface area is 196 Å². The van der Waals surface area contributed by atoms with E-state index >= 15 is 0 Å². The second-order valence-corrected chi connectivity index (χ2v) is 6.61. The molecule has 31 heavy (non-hydrogen) atoms. The van der Waals surface area contributed by atoms with Gasteiger partial charge in [-0.1, -0.05) is 12.1 Å². The van der Waals surface area contributed by atoms with Gasteiger partial charge in [0.2, 0.25) is 5.91 Å². The van der Waals surface area contributed by atoms with Crippen LogP contribution in [0, 0.1) is 0 Å². The van der Waals surface area contributed by atoms with E-state index in [4.69, 9.17) is 9.15 Å². The summed E-state index contributed by atoms with van der Waals surface area (Å²) in [4.78, 5) is 17.7. The average Bonchev–Trinajstić information content (AvgIpc) is 3.21. The topological polar surface area (TPSA) is 79.1 Å². The predicted molar refractivity (Wildman–Crippen MR) is 122 cm³/mol. The van der Waals surface area contributed by atoms with Gasteiger partial charge in [-0.05, 0) is 29.8 Å². The lowest BCUT2D eigenvalue weighted by Gasteiger charge is -2.15. The van der Waals surface area contributed by atoms with Gasteiger partial charge in [0.1, 0.15) is 11.5 Å². The summed E-state index contributed by atoms with van der Waals surface area (Å²) in [6.07, 6.45) is -2.14. The van der Waals surface area contributed by atoms with Crippen molar-refractivity contribution < 1.29 is 27.1 Å². The van der Waals surface area contributed by atoms with Gasteiger partial charge >= 0.3 is 6.18 Å². The Bertz CT molecular complexity index is 810. The zero-order chi connectivity index (χ0) is 22.0. The average molecular weight is 554 g/mol. The fourth-order valence-electron chi connectivity index (χ4n) is 2.28. The summed E-state index contributed by atoms with van der Waals surface area (Å²) >= 11 is 0. The minimum Gasteiger partial charge on any atom is -0.484 e. The third-order valence-corrected chi connectivity index (χ3v) is 3.90. The monoisotopic (exact) mass is 554 g/mol. The maximum atomic E-state index is 12.2. The molecule has 2 N–H and O–H groups in total. The number of alkyl halides is 3. The molecule has 0 unspecified atom stereocenters. The van der Waals surface area contributed by atoms with Crippen LogP contribution in [0.1, 0.15) is 11.3 Å². The van der Waals surface area contributed by atoms with Gasteiger partial charge in [0, 0.05) is 27.1 Å². The molecule has 2 rings (SSSR count). The number of carbonyl (C=O) groups is 1. The minimum absolute atomic E-state index is 0. The van der Waals surface area contributed by atoms with Crippen LogP contribution >= 0.6 is 24.0 Å². The number of benzene rings is 1. The predicted octanol–water partition coefficient (Wildman–Crippen LogP) is 3.20. The van der Waals surface area contributed by atoms with Crippen molar-refractivity contribution in [2.45, 2.75) is 19.1 Å². The van der Waals surface area contributed by atoms with E-state index in [0.717, 1.165) is 11.3 Å². The van der Waals surface area contributed by atoms with E-state index < -0.39 is 12.8 Å². The van der Waals surface area contributed by atoms with Crippen molar-refractivity contribution in [1.82, 2.24) is 15.5 Å². The van der Waals surface area contributed by atoms with Gasteiger partial charge in [0.05, 0.1) is 19.4 Å². The number of rotatable bonds is 9. The van der Waals surface area contributed by atoms with Gasteiger partial charge in [0.15, 0.2) is 12.6 Å². The first-order chi connectivity index (χ1) is 14.2. The quantitative estimate of drug-likeness (QED) is 0.283. The lowest BCUT2D eigenvalue weighted by molar-refractivity contribution is -0.153.